The molecule has 134 valence electrons. The number of rotatable bonds is 5. The second-order valence-corrected chi connectivity index (χ2v) is 7.69. The standard InChI is InChI=1S/C20H24N2OS.ClH/c1-20(21,17-8-4-2-5-9-17)19(23)22-13-12-16(14-22)15-24-18-10-6-3-7-11-18;/h2-11,16H,12-15,21H2,1H3;1H. The molecular formula is C20H25ClN2OS. The van der Waals surface area contributed by atoms with Gasteiger partial charge >= 0.3 is 0 Å². The number of hydrogen-bond donors (Lipinski definition) is 1. The third-order valence-corrected chi connectivity index (χ3v) is 5.86. The van der Waals surface area contributed by atoms with Crippen LogP contribution in [0.3, 0.4) is 0 Å². The van der Waals surface area contributed by atoms with Crippen LogP contribution in [0.15, 0.2) is 65.6 Å². The van der Waals surface area contributed by atoms with Crippen LogP contribution in [0.2, 0.25) is 0 Å². The SMILES string of the molecule is CC(N)(C(=O)N1CCC(CSc2ccccc2)C1)c1ccccc1.Cl. The molecule has 25 heavy (non-hydrogen) atoms. The molecule has 2 atom stereocenters. The van der Waals surface area contributed by atoms with E-state index in [-0.39, 0.29) is 18.3 Å². The first-order valence-corrected chi connectivity index (χ1v) is 9.37. The lowest BCUT2D eigenvalue weighted by molar-refractivity contribution is -0.135. The van der Waals surface area contributed by atoms with Crippen LogP contribution in [-0.2, 0) is 10.3 Å². The molecule has 1 saturated heterocycles. The topological polar surface area (TPSA) is 46.3 Å². The minimum absolute atomic E-state index is 0. The van der Waals surface area contributed by atoms with E-state index < -0.39 is 5.54 Å². The summed E-state index contributed by atoms with van der Waals surface area (Å²) in [7, 11) is 0. The third-order valence-electron chi connectivity index (χ3n) is 4.62. The summed E-state index contributed by atoms with van der Waals surface area (Å²) >= 11 is 1.87. The molecule has 1 aliphatic rings. The van der Waals surface area contributed by atoms with Crippen LogP contribution in [0.4, 0.5) is 0 Å². The van der Waals surface area contributed by atoms with Gasteiger partial charge in [-0.15, -0.1) is 24.2 Å². The molecule has 2 aromatic rings. The second-order valence-electron chi connectivity index (χ2n) is 6.60. The van der Waals surface area contributed by atoms with Crippen LogP contribution in [0.5, 0.6) is 0 Å². The van der Waals surface area contributed by atoms with Gasteiger partial charge in [0, 0.05) is 23.7 Å². The first-order chi connectivity index (χ1) is 11.6. The van der Waals surface area contributed by atoms with Gasteiger partial charge in [-0.3, -0.25) is 4.79 Å². The highest BCUT2D eigenvalue weighted by molar-refractivity contribution is 7.99. The van der Waals surface area contributed by atoms with Crippen molar-refractivity contribution in [1.82, 2.24) is 4.90 Å². The van der Waals surface area contributed by atoms with Gasteiger partial charge in [0.25, 0.3) is 0 Å². The van der Waals surface area contributed by atoms with Crippen LogP contribution in [0.1, 0.15) is 18.9 Å². The van der Waals surface area contributed by atoms with Crippen molar-refractivity contribution in [1.29, 1.82) is 0 Å². The van der Waals surface area contributed by atoms with Crippen molar-refractivity contribution in [2.45, 2.75) is 23.8 Å². The summed E-state index contributed by atoms with van der Waals surface area (Å²) < 4.78 is 0. The molecule has 1 aliphatic heterocycles. The monoisotopic (exact) mass is 376 g/mol. The summed E-state index contributed by atoms with van der Waals surface area (Å²) in [4.78, 5) is 16.1. The number of nitrogens with zero attached hydrogens (tertiary/aromatic N) is 1. The van der Waals surface area contributed by atoms with E-state index in [1.54, 1.807) is 0 Å². The van der Waals surface area contributed by atoms with Gasteiger partial charge in [-0.1, -0.05) is 48.5 Å². The van der Waals surface area contributed by atoms with E-state index in [0.717, 1.165) is 30.8 Å². The molecule has 1 amide bonds. The molecule has 3 nitrogen and oxygen atoms in total. The molecule has 0 aromatic heterocycles. The number of benzene rings is 2. The van der Waals surface area contributed by atoms with Gasteiger partial charge in [0.15, 0.2) is 0 Å². The Morgan fingerprint density at radius 3 is 2.40 bits per heavy atom. The van der Waals surface area contributed by atoms with Crippen molar-refractivity contribution < 1.29 is 4.79 Å². The fourth-order valence-corrected chi connectivity index (χ4v) is 4.17. The second kappa shape index (κ2) is 8.75. The smallest absolute Gasteiger partial charge is 0.246 e. The number of amides is 1. The Morgan fingerprint density at radius 1 is 1.16 bits per heavy atom. The number of carbonyl (C=O) groups excluding carboxylic acids is 1. The largest absolute Gasteiger partial charge is 0.340 e. The van der Waals surface area contributed by atoms with E-state index in [0.29, 0.717) is 5.92 Å². The summed E-state index contributed by atoms with van der Waals surface area (Å²) in [6, 6.07) is 20.1. The van der Waals surface area contributed by atoms with Crippen molar-refractivity contribution in [2.75, 3.05) is 18.8 Å². The summed E-state index contributed by atoms with van der Waals surface area (Å²) in [5.41, 5.74) is 6.29. The van der Waals surface area contributed by atoms with Gasteiger partial charge in [-0.05, 0) is 37.0 Å². The average Bonchev–Trinajstić information content (AvgIpc) is 3.10. The Balaban J connectivity index is 0.00000225. The molecule has 0 bridgehead atoms. The number of hydrogen-bond acceptors (Lipinski definition) is 3. The van der Waals surface area contributed by atoms with Gasteiger partial charge in [0.1, 0.15) is 5.54 Å². The minimum Gasteiger partial charge on any atom is -0.340 e. The van der Waals surface area contributed by atoms with Crippen LogP contribution in [-0.4, -0.2) is 29.6 Å². The van der Waals surface area contributed by atoms with E-state index in [1.165, 1.54) is 4.90 Å². The lowest BCUT2D eigenvalue weighted by Crippen LogP contribution is -2.50. The average molecular weight is 377 g/mol. The Kier molecular flexibility index (Phi) is 6.94. The summed E-state index contributed by atoms with van der Waals surface area (Å²) in [6.45, 7) is 3.42. The molecule has 0 spiro atoms. The molecule has 0 radical (unpaired) electrons. The predicted molar refractivity (Wildman–Crippen MR) is 107 cm³/mol. The fraction of sp³-hybridized carbons (Fsp3) is 0.350. The molecule has 1 heterocycles. The van der Waals surface area contributed by atoms with Crippen LogP contribution in [0.25, 0.3) is 0 Å². The highest BCUT2D eigenvalue weighted by atomic mass is 35.5. The Hall–Kier alpha value is -1.49. The quantitative estimate of drug-likeness (QED) is 0.804. The minimum atomic E-state index is -0.956. The van der Waals surface area contributed by atoms with Crippen molar-refractivity contribution >= 4 is 30.1 Å². The summed E-state index contributed by atoms with van der Waals surface area (Å²) in [6.07, 6.45) is 1.05. The maximum Gasteiger partial charge on any atom is 0.246 e. The fourth-order valence-electron chi connectivity index (χ4n) is 3.12. The summed E-state index contributed by atoms with van der Waals surface area (Å²) in [5, 5.41) is 0. The van der Waals surface area contributed by atoms with E-state index >= 15 is 0 Å². The van der Waals surface area contributed by atoms with Crippen LogP contribution < -0.4 is 5.73 Å². The zero-order valence-electron chi connectivity index (χ0n) is 14.4. The molecule has 5 heteroatoms. The normalized spacial score (nSPS) is 19.1. The number of thioether (sulfide) groups is 1. The Morgan fingerprint density at radius 2 is 1.76 bits per heavy atom. The molecule has 2 aromatic carbocycles. The number of carbonyl (C=O) groups is 1. The number of likely N-dealkylation sites (tertiary alicyclic amines) is 1. The maximum absolute atomic E-state index is 12.9. The molecule has 3 rings (SSSR count). The van der Waals surface area contributed by atoms with E-state index in [1.807, 2.05) is 60.0 Å². The van der Waals surface area contributed by atoms with Crippen molar-refractivity contribution in [3.8, 4) is 0 Å². The molecule has 0 aliphatic carbocycles. The highest BCUT2D eigenvalue weighted by Crippen LogP contribution is 2.28. The van der Waals surface area contributed by atoms with Gasteiger partial charge in [0.2, 0.25) is 5.91 Å². The summed E-state index contributed by atoms with van der Waals surface area (Å²) in [5.74, 6) is 1.60. The molecule has 2 N–H and O–H groups in total. The Labute approximate surface area is 160 Å². The first kappa shape index (κ1) is 19.8. The van der Waals surface area contributed by atoms with E-state index in [9.17, 15) is 4.79 Å². The number of halogens is 1. The van der Waals surface area contributed by atoms with E-state index in [4.69, 9.17) is 5.73 Å². The number of nitrogens with two attached hydrogens (primary N) is 1. The lowest BCUT2D eigenvalue weighted by atomic mass is 9.92. The molecule has 2 unspecified atom stereocenters. The maximum atomic E-state index is 12.9. The van der Waals surface area contributed by atoms with Gasteiger partial charge in [-0.25, -0.2) is 0 Å². The molecule has 1 fully saturated rings. The highest BCUT2D eigenvalue weighted by Gasteiger charge is 2.37. The lowest BCUT2D eigenvalue weighted by Gasteiger charge is -2.29. The zero-order chi connectivity index (χ0) is 17.0. The van der Waals surface area contributed by atoms with E-state index in [2.05, 4.69) is 24.3 Å². The third kappa shape index (κ3) is 4.78. The van der Waals surface area contributed by atoms with Crippen LogP contribution >= 0.6 is 24.2 Å². The van der Waals surface area contributed by atoms with Crippen molar-refractivity contribution in [3.63, 3.8) is 0 Å². The first-order valence-electron chi connectivity index (χ1n) is 8.39. The zero-order valence-corrected chi connectivity index (χ0v) is 16.1. The Bertz CT molecular complexity index is 679. The van der Waals surface area contributed by atoms with Crippen molar-refractivity contribution in [3.05, 3.63) is 66.2 Å². The van der Waals surface area contributed by atoms with Crippen LogP contribution in [0, 0.1) is 5.92 Å². The molecule has 0 saturated carbocycles. The van der Waals surface area contributed by atoms with Gasteiger partial charge in [-0.2, -0.15) is 0 Å². The van der Waals surface area contributed by atoms with Gasteiger partial charge < -0.3 is 10.6 Å². The van der Waals surface area contributed by atoms with Gasteiger partial charge in [0.05, 0.1) is 0 Å². The predicted octanol–water partition coefficient (Wildman–Crippen LogP) is 3.92. The molecular weight excluding hydrogens is 352 g/mol. The van der Waals surface area contributed by atoms with Crippen molar-refractivity contribution in [2.24, 2.45) is 11.7 Å².